The normalized spacial score (nSPS) is 23.7. The summed E-state index contributed by atoms with van der Waals surface area (Å²) in [5.74, 6) is -0.343. The molecule has 3 atom stereocenters. The number of hydrogen-bond donors (Lipinski definition) is 1. The number of fused-ring (bicyclic) bond motifs is 1. The average molecular weight is 404 g/mol. The van der Waals surface area contributed by atoms with Gasteiger partial charge in [-0.25, -0.2) is 4.98 Å². The van der Waals surface area contributed by atoms with Gasteiger partial charge in [-0.1, -0.05) is 6.92 Å². The third-order valence-electron chi connectivity index (χ3n) is 5.63. The van der Waals surface area contributed by atoms with E-state index in [2.05, 4.69) is 10.3 Å². The summed E-state index contributed by atoms with van der Waals surface area (Å²) in [6.07, 6.45) is 2.75. The second-order valence-corrected chi connectivity index (χ2v) is 7.33. The monoisotopic (exact) mass is 404 g/mol. The highest BCUT2D eigenvalue weighted by Crippen LogP contribution is 2.35. The Balaban J connectivity index is 1.72. The van der Waals surface area contributed by atoms with Crippen LogP contribution in [0.15, 0.2) is 18.3 Å². The molecule has 2 aliphatic heterocycles. The molecule has 3 amide bonds. The van der Waals surface area contributed by atoms with Crippen LogP contribution in [0.4, 0.5) is 0 Å². The summed E-state index contributed by atoms with van der Waals surface area (Å²) < 4.78 is 10.1. The topological polar surface area (TPSA) is 101 Å². The lowest BCUT2D eigenvalue weighted by molar-refractivity contribution is -0.139. The van der Waals surface area contributed by atoms with E-state index in [1.807, 2.05) is 11.8 Å². The molecule has 0 saturated carbocycles. The van der Waals surface area contributed by atoms with Gasteiger partial charge >= 0.3 is 0 Å². The van der Waals surface area contributed by atoms with Gasteiger partial charge in [0, 0.05) is 44.1 Å². The van der Waals surface area contributed by atoms with Gasteiger partial charge in [0.25, 0.3) is 5.91 Å². The Labute approximate surface area is 170 Å². The van der Waals surface area contributed by atoms with E-state index >= 15 is 0 Å². The quantitative estimate of drug-likeness (QED) is 0.656. The number of piperazine rings is 1. The SMILES string of the molecule is CC[C@H]1[C@@H](C(=O)NCCOC)C[C@H]2CN(C(=O)c3ccnc(OC)c3)CC(=O)N21. The van der Waals surface area contributed by atoms with Gasteiger partial charge in [-0.05, 0) is 18.9 Å². The number of pyridine rings is 1. The van der Waals surface area contributed by atoms with Crippen LogP contribution in [0.1, 0.15) is 30.1 Å². The molecule has 3 heterocycles. The summed E-state index contributed by atoms with van der Waals surface area (Å²) >= 11 is 0. The van der Waals surface area contributed by atoms with Crippen molar-refractivity contribution in [2.75, 3.05) is 40.5 Å². The van der Waals surface area contributed by atoms with Crippen LogP contribution in [-0.4, -0.2) is 85.0 Å². The Morgan fingerprint density at radius 2 is 2.14 bits per heavy atom. The maximum absolute atomic E-state index is 12.9. The zero-order valence-corrected chi connectivity index (χ0v) is 17.1. The molecule has 0 radical (unpaired) electrons. The van der Waals surface area contributed by atoms with Crippen LogP contribution in [0.25, 0.3) is 0 Å². The second kappa shape index (κ2) is 9.21. The van der Waals surface area contributed by atoms with Crippen molar-refractivity contribution in [2.24, 2.45) is 5.92 Å². The number of carbonyl (C=O) groups excluding carboxylic acids is 3. The van der Waals surface area contributed by atoms with Gasteiger partial charge in [-0.2, -0.15) is 0 Å². The van der Waals surface area contributed by atoms with Crippen molar-refractivity contribution >= 4 is 17.7 Å². The number of nitrogens with zero attached hydrogens (tertiary/aromatic N) is 3. The van der Waals surface area contributed by atoms with Gasteiger partial charge in [0.1, 0.15) is 6.54 Å². The molecule has 1 aromatic heterocycles. The Bertz CT molecular complexity index is 771. The van der Waals surface area contributed by atoms with Crippen molar-refractivity contribution in [1.29, 1.82) is 0 Å². The zero-order valence-electron chi connectivity index (χ0n) is 17.1. The van der Waals surface area contributed by atoms with Gasteiger partial charge in [0.2, 0.25) is 17.7 Å². The summed E-state index contributed by atoms with van der Waals surface area (Å²) in [5.41, 5.74) is 0.428. The van der Waals surface area contributed by atoms with Gasteiger partial charge in [-0.3, -0.25) is 14.4 Å². The van der Waals surface area contributed by atoms with E-state index in [4.69, 9.17) is 9.47 Å². The number of amides is 3. The first-order valence-corrected chi connectivity index (χ1v) is 9.87. The molecule has 3 rings (SSSR count). The smallest absolute Gasteiger partial charge is 0.254 e. The predicted octanol–water partition coefficient (Wildman–Crippen LogP) is 0.304. The molecular weight excluding hydrogens is 376 g/mol. The van der Waals surface area contributed by atoms with Crippen LogP contribution in [0.3, 0.4) is 0 Å². The lowest BCUT2D eigenvalue weighted by atomic mass is 9.96. The molecule has 0 aromatic carbocycles. The molecule has 0 bridgehead atoms. The molecule has 1 aromatic rings. The van der Waals surface area contributed by atoms with Crippen molar-refractivity contribution in [1.82, 2.24) is 20.1 Å². The molecule has 2 aliphatic rings. The van der Waals surface area contributed by atoms with Gasteiger partial charge in [-0.15, -0.1) is 0 Å². The number of hydrogen-bond acceptors (Lipinski definition) is 6. The summed E-state index contributed by atoms with van der Waals surface area (Å²) in [4.78, 5) is 45.8. The summed E-state index contributed by atoms with van der Waals surface area (Å²) in [6.45, 7) is 3.28. The number of nitrogens with one attached hydrogen (secondary N) is 1. The molecule has 9 heteroatoms. The summed E-state index contributed by atoms with van der Waals surface area (Å²) in [5, 5.41) is 2.88. The van der Waals surface area contributed by atoms with Gasteiger partial charge in [0.05, 0.1) is 25.7 Å². The minimum absolute atomic E-state index is 0.00842. The first kappa shape index (κ1) is 21.0. The third-order valence-corrected chi connectivity index (χ3v) is 5.63. The number of aromatic nitrogens is 1. The lowest BCUT2D eigenvalue weighted by Gasteiger charge is -2.39. The fourth-order valence-corrected chi connectivity index (χ4v) is 4.31. The second-order valence-electron chi connectivity index (χ2n) is 7.33. The first-order valence-electron chi connectivity index (χ1n) is 9.87. The first-order chi connectivity index (χ1) is 14.0. The van der Waals surface area contributed by atoms with Crippen molar-refractivity contribution < 1.29 is 23.9 Å². The zero-order chi connectivity index (χ0) is 21.0. The fourth-order valence-electron chi connectivity index (χ4n) is 4.31. The van der Waals surface area contributed by atoms with Crippen molar-refractivity contribution in [2.45, 2.75) is 31.8 Å². The molecule has 29 heavy (non-hydrogen) atoms. The van der Waals surface area contributed by atoms with Crippen molar-refractivity contribution in [3.8, 4) is 5.88 Å². The van der Waals surface area contributed by atoms with Gasteiger partial charge in [0.15, 0.2) is 0 Å². The van der Waals surface area contributed by atoms with E-state index in [-0.39, 0.29) is 42.3 Å². The Hall–Kier alpha value is -2.68. The summed E-state index contributed by atoms with van der Waals surface area (Å²) in [7, 11) is 3.07. The molecule has 1 N–H and O–H groups in total. The molecule has 0 unspecified atom stereocenters. The third kappa shape index (κ3) is 4.34. The van der Waals surface area contributed by atoms with Crippen molar-refractivity contribution in [3.05, 3.63) is 23.9 Å². The molecule has 158 valence electrons. The van der Waals surface area contributed by atoms with Crippen LogP contribution in [0.5, 0.6) is 5.88 Å². The van der Waals surface area contributed by atoms with E-state index in [0.29, 0.717) is 44.0 Å². The Morgan fingerprint density at radius 3 is 2.83 bits per heavy atom. The highest BCUT2D eigenvalue weighted by Gasteiger charge is 2.49. The Morgan fingerprint density at radius 1 is 1.34 bits per heavy atom. The van der Waals surface area contributed by atoms with E-state index in [0.717, 1.165) is 0 Å². The largest absolute Gasteiger partial charge is 0.481 e. The number of ether oxygens (including phenoxy) is 2. The minimum Gasteiger partial charge on any atom is -0.481 e. The number of methoxy groups -OCH3 is 2. The van der Waals surface area contributed by atoms with Crippen LogP contribution >= 0.6 is 0 Å². The molecule has 9 nitrogen and oxygen atoms in total. The predicted molar refractivity (Wildman–Crippen MR) is 104 cm³/mol. The number of rotatable bonds is 7. The molecule has 2 fully saturated rings. The van der Waals surface area contributed by atoms with E-state index < -0.39 is 0 Å². The maximum Gasteiger partial charge on any atom is 0.254 e. The highest BCUT2D eigenvalue weighted by molar-refractivity contribution is 5.97. The van der Waals surface area contributed by atoms with E-state index in [1.165, 1.54) is 13.3 Å². The van der Waals surface area contributed by atoms with E-state index in [1.54, 1.807) is 24.1 Å². The standard InChI is InChI=1S/C20H28N4O5/c1-4-16-15(19(26)22-7-8-28-2)10-14-11-23(12-18(25)24(14)16)20(27)13-5-6-21-17(9-13)29-3/h5-6,9,14-16H,4,7-8,10-12H2,1-3H3,(H,22,26)/t14-,15-,16-/m0/s1. The molecule has 0 aliphatic carbocycles. The van der Waals surface area contributed by atoms with Crippen LogP contribution in [-0.2, 0) is 14.3 Å². The lowest BCUT2D eigenvalue weighted by Crippen LogP contribution is -2.57. The van der Waals surface area contributed by atoms with Crippen LogP contribution < -0.4 is 10.1 Å². The molecular formula is C20H28N4O5. The molecule has 2 saturated heterocycles. The van der Waals surface area contributed by atoms with Crippen LogP contribution in [0, 0.1) is 5.92 Å². The Kier molecular flexibility index (Phi) is 6.68. The average Bonchev–Trinajstić information content (AvgIpc) is 3.12. The van der Waals surface area contributed by atoms with Crippen LogP contribution in [0.2, 0.25) is 0 Å². The summed E-state index contributed by atoms with van der Waals surface area (Å²) in [6, 6.07) is 2.87. The fraction of sp³-hybridized carbons (Fsp3) is 0.600. The maximum atomic E-state index is 12.9. The number of carbonyl (C=O) groups is 3. The molecule has 0 spiro atoms. The highest BCUT2D eigenvalue weighted by atomic mass is 16.5. The van der Waals surface area contributed by atoms with E-state index in [9.17, 15) is 14.4 Å². The van der Waals surface area contributed by atoms with Gasteiger partial charge < -0.3 is 24.6 Å². The minimum atomic E-state index is -0.276. The van der Waals surface area contributed by atoms with Crippen molar-refractivity contribution in [3.63, 3.8) is 0 Å².